The van der Waals surface area contributed by atoms with Gasteiger partial charge in [-0.05, 0) is 55.4 Å². The van der Waals surface area contributed by atoms with Gasteiger partial charge in [-0.15, -0.1) is 0 Å². The first-order chi connectivity index (χ1) is 11.8. The molecule has 1 aromatic carbocycles. The van der Waals surface area contributed by atoms with E-state index in [1.54, 1.807) is 6.07 Å². The van der Waals surface area contributed by atoms with Crippen LogP contribution in [0.4, 0.5) is 18.9 Å². The molecule has 1 fully saturated rings. The van der Waals surface area contributed by atoms with Gasteiger partial charge in [-0.1, -0.05) is 13.8 Å². The number of hydrogen-bond donors (Lipinski definition) is 1. The van der Waals surface area contributed by atoms with Gasteiger partial charge in [0.05, 0.1) is 11.5 Å². The summed E-state index contributed by atoms with van der Waals surface area (Å²) in [4.78, 5) is 14.8. The van der Waals surface area contributed by atoms with E-state index in [9.17, 15) is 18.0 Å². The smallest absolute Gasteiger partial charge is 0.368 e. The maximum atomic E-state index is 13.0. The molecule has 0 radical (unpaired) electrons. The molecule has 0 bridgehead atoms. The van der Waals surface area contributed by atoms with Crippen molar-refractivity contribution >= 4 is 11.6 Å². The average molecular weight is 354 g/mol. The Balaban J connectivity index is 1.82. The molecule has 3 nitrogen and oxygen atoms in total. The van der Waals surface area contributed by atoms with Crippen molar-refractivity contribution in [2.45, 2.75) is 51.7 Å². The number of anilines is 1. The molecular weight excluding hydrogens is 329 g/mol. The van der Waals surface area contributed by atoms with E-state index in [1.807, 2.05) is 0 Å². The third kappa shape index (κ3) is 3.77. The number of halogens is 3. The van der Waals surface area contributed by atoms with Crippen LogP contribution in [0.2, 0.25) is 0 Å². The van der Waals surface area contributed by atoms with Crippen LogP contribution in [0.5, 0.6) is 0 Å². The Morgan fingerprint density at radius 1 is 1.36 bits per heavy atom. The first-order valence-electron chi connectivity index (χ1n) is 9.02. The van der Waals surface area contributed by atoms with Crippen molar-refractivity contribution in [2.24, 2.45) is 11.8 Å². The number of rotatable bonds is 4. The third-order valence-corrected chi connectivity index (χ3v) is 5.28. The van der Waals surface area contributed by atoms with Crippen LogP contribution in [0.3, 0.4) is 0 Å². The first kappa shape index (κ1) is 18.1. The second-order valence-corrected chi connectivity index (χ2v) is 7.53. The topological polar surface area (TPSA) is 32.3 Å². The van der Waals surface area contributed by atoms with E-state index in [2.05, 4.69) is 24.1 Å². The van der Waals surface area contributed by atoms with Crippen LogP contribution in [0.25, 0.3) is 0 Å². The summed E-state index contributed by atoms with van der Waals surface area (Å²) < 4.78 is 39.1. The molecule has 0 aliphatic carbocycles. The Kier molecular flexibility index (Phi) is 4.98. The van der Waals surface area contributed by atoms with Crippen molar-refractivity contribution in [3.8, 4) is 0 Å². The largest absolute Gasteiger partial charge is 0.416 e. The zero-order valence-electron chi connectivity index (χ0n) is 14.7. The summed E-state index contributed by atoms with van der Waals surface area (Å²) in [7, 11) is 0. The highest BCUT2D eigenvalue weighted by molar-refractivity contribution is 5.82. The van der Waals surface area contributed by atoms with Crippen LogP contribution in [-0.4, -0.2) is 25.0 Å². The molecule has 25 heavy (non-hydrogen) atoms. The predicted octanol–water partition coefficient (Wildman–Crippen LogP) is 4.01. The average Bonchev–Trinajstić information content (AvgIpc) is 3.01. The van der Waals surface area contributed by atoms with Crippen LogP contribution >= 0.6 is 0 Å². The summed E-state index contributed by atoms with van der Waals surface area (Å²) in [5, 5.41) is 2.98. The van der Waals surface area contributed by atoms with Crippen molar-refractivity contribution in [3.05, 3.63) is 29.3 Å². The molecule has 3 rings (SSSR count). The molecular formula is C19H25F3N2O. The van der Waals surface area contributed by atoms with E-state index < -0.39 is 11.7 Å². The van der Waals surface area contributed by atoms with Gasteiger partial charge in [0.15, 0.2) is 0 Å². The Bertz CT molecular complexity index is 642. The monoisotopic (exact) mass is 354 g/mol. The fourth-order valence-corrected chi connectivity index (χ4v) is 3.97. The fourth-order valence-electron chi connectivity index (χ4n) is 3.97. The minimum absolute atomic E-state index is 0.0272. The zero-order chi connectivity index (χ0) is 18.2. The molecule has 2 aliphatic heterocycles. The highest BCUT2D eigenvalue weighted by Gasteiger charge is 2.42. The van der Waals surface area contributed by atoms with Crippen molar-refractivity contribution in [1.29, 1.82) is 0 Å². The van der Waals surface area contributed by atoms with Gasteiger partial charge >= 0.3 is 6.18 Å². The van der Waals surface area contributed by atoms with E-state index in [0.29, 0.717) is 24.4 Å². The van der Waals surface area contributed by atoms with Crippen LogP contribution in [0.15, 0.2) is 18.2 Å². The lowest BCUT2D eigenvalue weighted by molar-refractivity contribution is -0.137. The number of carbonyl (C=O) groups excluding carboxylic acids is 1. The molecule has 0 spiro atoms. The number of fused-ring (bicyclic) bond motifs is 3. The number of amides is 1. The van der Waals surface area contributed by atoms with Crippen LogP contribution in [-0.2, 0) is 17.4 Å². The minimum atomic E-state index is -4.36. The standard InChI is InChI=1S/C19H25F3N2O/c1-12(2)7-8-23-18(25)15-11-13-10-14(19(20,21)22)5-6-16(13)24-9-3-4-17(15)24/h5-6,10,12,15,17H,3-4,7-9,11H2,1-2H3,(H,23,25)/t15-,17-/m1/s1. The Morgan fingerprint density at radius 2 is 2.12 bits per heavy atom. The van der Waals surface area contributed by atoms with Crippen LogP contribution < -0.4 is 10.2 Å². The van der Waals surface area contributed by atoms with Gasteiger partial charge in [0.25, 0.3) is 0 Å². The first-order valence-corrected chi connectivity index (χ1v) is 9.02. The number of hydrogen-bond acceptors (Lipinski definition) is 2. The van der Waals surface area contributed by atoms with Gasteiger partial charge in [0, 0.05) is 24.8 Å². The molecule has 2 heterocycles. The van der Waals surface area contributed by atoms with E-state index in [0.717, 1.165) is 37.6 Å². The third-order valence-electron chi connectivity index (χ3n) is 5.28. The fraction of sp³-hybridized carbons (Fsp3) is 0.632. The second kappa shape index (κ2) is 6.89. The molecule has 0 saturated carbocycles. The molecule has 6 heteroatoms. The number of nitrogens with one attached hydrogen (secondary N) is 1. The van der Waals surface area contributed by atoms with E-state index in [1.165, 1.54) is 6.07 Å². The molecule has 1 N–H and O–H groups in total. The van der Waals surface area contributed by atoms with Gasteiger partial charge in [-0.2, -0.15) is 13.2 Å². The SMILES string of the molecule is CC(C)CCNC(=O)[C@@H]1Cc2cc(C(F)(F)F)ccc2N2CCC[C@H]12. The molecule has 2 aliphatic rings. The highest BCUT2D eigenvalue weighted by Crippen LogP contribution is 2.41. The summed E-state index contributed by atoms with van der Waals surface area (Å²) in [5.74, 6) is 0.205. The zero-order valence-corrected chi connectivity index (χ0v) is 14.7. The molecule has 2 atom stereocenters. The van der Waals surface area contributed by atoms with Crippen molar-refractivity contribution < 1.29 is 18.0 Å². The van der Waals surface area contributed by atoms with Crippen molar-refractivity contribution in [2.75, 3.05) is 18.0 Å². The van der Waals surface area contributed by atoms with Gasteiger partial charge in [-0.25, -0.2) is 0 Å². The maximum absolute atomic E-state index is 13.0. The van der Waals surface area contributed by atoms with E-state index in [4.69, 9.17) is 0 Å². The lowest BCUT2D eigenvalue weighted by atomic mass is 9.84. The number of benzene rings is 1. The lowest BCUT2D eigenvalue weighted by Gasteiger charge is -2.39. The number of nitrogens with zero attached hydrogens (tertiary/aromatic N) is 1. The number of carbonyl (C=O) groups is 1. The van der Waals surface area contributed by atoms with E-state index >= 15 is 0 Å². The summed E-state index contributed by atoms with van der Waals surface area (Å²) in [6.45, 7) is 5.62. The quantitative estimate of drug-likeness (QED) is 0.886. The van der Waals surface area contributed by atoms with Crippen molar-refractivity contribution in [1.82, 2.24) is 5.32 Å². The maximum Gasteiger partial charge on any atom is 0.416 e. The molecule has 1 saturated heterocycles. The summed E-state index contributed by atoms with van der Waals surface area (Å²) in [6.07, 6.45) is -1.18. The Labute approximate surface area is 146 Å². The van der Waals surface area contributed by atoms with E-state index in [-0.39, 0.29) is 17.9 Å². The molecule has 0 unspecified atom stereocenters. The van der Waals surface area contributed by atoms with Gasteiger partial charge in [0.1, 0.15) is 0 Å². The molecule has 1 aromatic rings. The van der Waals surface area contributed by atoms with Gasteiger partial charge in [0.2, 0.25) is 5.91 Å². The lowest BCUT2D eigenvalue weighted by Crippen LogP contribution is -2.48. The summed E-state index contributed by atoms with van der Waals surface area (Å²) in [5.41, 5.74) is 0.863. The second-order valence-electron chi connectivity index (χ2n) is 7.53. The Hall–Kier alpha value is -1.72. The molecule has 1 amide bonds. The van der Waals surface area contributed by atoms with Crippen LogP contribution in [0.1, 0.15) is 44.2 Å². The minimum Gasteiger partial charge on any atom is -0.368 e. The summed E-state index contributed by atoms with van der Waals surface area (Å²) >= 11 is 0. The normalized spacial score (nSPS) is 22.7. The van der Waals surface area contributed by atoms with Crippen LogP contribution in [0, 0.1) is 11.8 Å². The predicted molar refractivity (Wildman–Crippen MR) is 91.5 cm³/mol. The molecule has 138 valence electrons. The van der Waals surface area contributed by atoms with Gasteiger partial charge in [-0.3, -0.25) is 4.79 Å². The molecule has 0 aromatic heterocycles. The van der Waals surface area contributed by atoms with Gasteiger partial charge < -0.3 is 10.2 Å². The summed E-state index contributed by atoms with van der Waals surface area (Å²) in [6, 6.07) is 4.04. The Morgan fingerprint density at radius 3 is 2.80 bits per heavy atom. The van der Waals surface area contributed by atoms with Crippen molar-refractivity contribution in [3.63, 3.8) is 0 Å². The number of alkyl halides is 3. The highest BCUT2D eigenvalue weighted by atomic mass is 19.4.